The second-order valence-corrected chi connectivity index (χ2v) is 7.38. The van der Waals surface area contributed by atoms with E-state index in [2.05, 4.69) is 6.58 Å². The third kappa shape index (κ3) is 5.67. The summed E-state index contributed by atoms with van der Waals surface area (Å²) < 4.78 is 16.1. The van der Waals surface area contributed by atoms with E-state index in [0.29, 0.717) is 18.4 Å². The van der Waals surface area contributed by atoms with E-state index in [9.17, 15) is 19.5 Å². The van der Waals surface area contributed by atoms with Crippen molar-refractivity contribution in [2.75, 3.05) is 6.61 Å². The number of esters is 3. The molecule has 0 aromatic carbocycles. The SMILES string of the molecule is C=C1C(=O)O[C@@H]2/C=C(\C)[C@@H](O)C/C=C(\C)C[C@@H](OC(=O)/C(=C\C)COC(C)=O)[C@@H]12. The quantitative estimate of drug-likeness (QED) is 0.333. The Morgan fingerprint density at radius 2 is 2.07 bits per heavy atom. The molecule has 7 nitrogen and oxygen atoms in total. The monoisotopic (exact) mass is 404 g/mol. The largest absolute Gasteiger partial charge is 0.461 e. The number of carbonyl (C=O) groups excluding carboxylic acids is 3. The highest BCUT2D eigenvalue weighted by Crippen LogP contribution is 2.36. The Morgan fingerprint density at radius 3 is 2.69 bits per heavy atom. The highest BCUT2D eigenvalue weighted by atomic mass is 16.6. The van der Waals surface area contributed by atoms with Crippen molar-refractivity contribution in [2.24, 2.45) is 5.92 Å². The van der Waals surface area contributed by atoms with Gasteiger partial charge in [0.2, 0.25) is 0 Å². The molecule has 0 saturated carbocycles. The molecule has 2 aliphatic rings. The van der Waals surface area contributed by atoms with Gasteiger partial charge >= 0.3 is 17.9 Å². The van der Waals surface area contributed by atoms with Gasteiger partial charge in [-0.1, -0.05) is 24.3 Å². The van der Waals surface area contributed by atoms with Crippen LogP contribution in [-0.4, -0.2) is 47.9 Å². The minimum Gasteiger partial charge on any atom is -0.461 e. The first kappa shape index (κ1) is 22.6. The van der Waals surface area contributed by atoms with Crippen LogP contribution in [0.25, 0.3) is 0 Å². The van der Waals surface area contributed by atoms with Gasteiger partial charge in [0.05, 0.1) is 17.6 Å². The Labute approximate surface area is 170 Å². The second-order valence-electron chi connectivity index (χ2n) is 7.38. The van der Waals surface area contributed by atoms with Crippen LogP contribution in [0, 0.1) is 5.92 Å². The van der Waals surface area contributed by atoms with Crippen molar-refractivity contribution in [1.29, 1.82) is 0 Å². The van der Waals surface area contributed by atoms with Gasteiger partial charge in [0, 0.05) is 18.9 Å². The van der Waals surface area contributed by atoms with Crippen molar-refractivity contribution in [2.45, 2.75) is 58.8 Å². The smallest absolute Gasteiger partial charge is 0.337 e. The minimum atomic E-state index is -0.700. The van der Waals surface area contributed by atoms with Gasteiger partial charge in [-0.25, -0.2) is 9.59 Å². The van der Waals surface area contributed by atoms with Crippen LogP contribution in [0.5, 0.6) is 0 Å². The third-order valence-electron chi connectivity index (χ3n) is 5.13. The van der Waals surface area contributed by atoms with Gasteiger partial charge in [-0.3, -0.25) is 4.79 Å². The first-order valence-corrected chi connectivity index (χ1v) is 9.55. The maximum absolute atomic E-state index is 12.7. The molecule has 0 aromatic heterocycles. The molecular formula is C22H28O7. The van der Waals surface area contributed by atoms with Gasteiger partial charge in [-0.15, -0.1) is 0 Å². The van der Waals surface area contributed by atoms with Gasteiger partial charge in [0.25, 0.3) is 0 Å². The highest BCUT2D eigenvalue weighted by molar-refractivity contribution is 5.92. The summed E-state index contributed by atoms with van der Waals surface area (Å²) >= 11 is 0. The Balaban J connectivity index is 2.33. The van der Waals surface area contributed by atoms with Gasteiger partial charge in [0.15, 0.2) is 0 Å². The van der Waals surface area contributed by atoms with Crippen molar-refractivity contribution in [1.82, 2.24) is 0 Å². The number of rotatable bonds is 4. The molecule has 1 aliphatic carbocycles. The van der Waals surface area contributed by atoms with Crippen LogP contribution in [0.3, 0.4) is 0 Å². The first-order valence-electron chi connectivity index (χ1n) is 9.55. The number of ether oxygens (including phenoxy) is 3. The van der Waals surface area contributed by atoms with Crippen LogP contribution < -0.4 is 0 Å². The zero-order chi connectivity index (χ0) is 21.7. The number of aliphatic hydroxyl groups excluding tert-OH is 1. The summed E-state index contributed by atoms with van der Waals surface area (Å²) in [5.74, 6) is -2.26. The third-order valence-corrected chi connectivity index (χ3v) is 5.13. The Morgan fingerprint density at radius 1 is 1.38 bits per heavy atom. The molecule has 0 bridgehead atoms. The summed E-state index contributed by atoms with van der Waals surface area (Å²) in [6.45, 7) is 10.2. The molecule has 1 saturated heterocycles. The molecule has 1 fully saturated rings. The Bertz CT molecular complexity index is 787. The van der Waals surface area contributed by atoms with Crippen LogP contribution in [-0.2, 0) is 28.6 Å². The standard InChI is InChI=1S/C22H28O7/c1-6-16(11-27-15(5)23)22(26)29-18-9-12(2)7-8-17(24)13(3)10-19-20(18)14(4)21(25)28-19/h6-7,10,17-20,24H,4,8-9,11H2,1-3,5H3/b12-7+,13-10+,16-6-/t17-,18+,19+,20+/m0/s1. The number of allylic oxidation sites excluding steroid dienone is 1. The fourth-order valence-corrected chi connectivity index (χ4v) is 3.34. The molecule has 1 aliphatic heterocycles. The second kappa shape index (κ2) is 9.69. The van der Waals surface area contributed by atoms with E-state index >= 15 is 0 Å². The van der Waals surface area contributed by atoms with Crippen LogP contribution in [0.2, 0.25) is 0 Å². The molecular weight excluding hydrogens is 376 g/mol. The van der Waals surface area contributed by atoms with Crippen molar-refractivity contribution >= 4 is 17.9 Å². The number of hydrogen-bond acceptors (Lipinski definition) is 7. The summed E-state index contributed by atoms with van der Waals surface area (Å²) in [4.78, 5) is 35.9. The molecule has 0 aromatic rings. The molecule has 0 radical (unpaired) electrons. The van der Waals surface area contributed by atoms with Crippen molar-refractivity contribution in [3.63, 3.8) is 0 Å². The Kier molecular flexibility index (Phi) is 7.56. The number of fused-ring (bicyclic) bond motifs is 1. The van der Waals surface area contributed by atoms with E-state index in [1.165, 1.54) is 13.0 Å². The lowest BCUT2D eigenvalue weighted by Crippen LogP contribution is -2.34. The molecule has 0 amide bonds. The van der Waals surface area contributed by atoms with E-state index < -0.39 is 42.1 Å². The zero-order valence-corrected chi connectivity index (χ0v) is 17.3. The summed E-state index contributed by atoms with van der Waals surface area (Å²) in [5.41, 5.74) is 2.00. The van der Waals surface area contributed by atoms with Crippen LogP contribution in [0.4, 0.5) is 0 Å². The molecule has 0 spiro atoms. The summed E-state index contributed by atoms with van der Waals surface area (Å²) in [6, 6.07) is 0. The van der Waals surface area contributed by atoms with Crippen molar-refractivity contribution in [3.8, 4) is 0 Å². The lowest BCUT2D eigenvalue weighted by atomic mass is 9.85. The maximum atomic E-state index is 12.7. The van der Waals surface area contributed by atoms with Gasteiger partial charge in [-0.05, 0) is 38.8 Å². The Hall–Kier alpha value is -2.67. The summed E-state index contributed by atoms with van der Waals surface area (Å²) in [5, 5.41) is 10.3. The number of hydrogen-bond donors (Lipinski definition) is 1. The fourth-order valence-electron chi connectivity index (χ4n) is 3.34. The number of aliphatic hydroxyl groups is 1. The molecule has 29 heavy (non-hydrogen) atoms. The molecule has 4 atom stereocenters. The predicted molar refractivity (Wildman–Crippen MR) is 106 cm³/mol. The maximum Gasteiger partial charge on any atom is 0.337 e. The highest BCUT2D eigenvalue weighted by Gasteiger charge is 2.44. The topological polar surface area (TPSA) is 99.1 Å². The van der Waals surface area contributed by atoms with Crippen molar-refractivity contribution in [3.05, 3.63) is 47.1 Å². The molecule has 7 heteroatoms. The minimum absolute atomic E-state index is 0.193. The van der Waals surface area contributed by atoms with E-state index in [1.54, 1.807) is 19.9 Å². The average molecular weight is 404 g/mol. The predicted octanol–water partition coefficient (Wildman–Crippen LogP) is 2.55. The number of carbonyl (C=O) groups is 3. The van der Waals surface area contributed by atoms with E-state index in [0.717, 1.165) is 5.57 Å². The lowest BCUT2D eigenvalue weighted by molar-refractivity contribution is -0.148. The van der Waals surface area contributed by atoms with Crippen LogP contribution in [0.15, 0.2) is 47.1 Å². The summed E-state index contributed by atoms with van der Waals surface area (Å²) in [6.07, 6.45) is 3.80. The van der Waals surface area contributed by atoms with Crippen LogP contribution in [0.1, 0.15) is 40.5 Å². The van der Waals surface area contributed by atoms with E-state index in [-0.39, 0.29) is 17.8 Å². The van der Waals surface area contributed by atoms with E-state index in [1.807, 2.05) is 13.0 Å². The van der Waals surface area contributed by atoms with Crippen molar-refractivity contribution < 1.29 is 33.7 Å². The fraction of sp³-hybridized carbons (Fsp3) is 0.500. The average Bonchev–Trinajstić information content (AvgIpc) is 2.92. The zero-order valence-electron chi connectivity index (χ0n) is 17.3. The lowest BCUT2D eigenvalue weighted by Gasteiger charge is -2.28. The van der Waals surface area contributed by atoms with E-state index in [4.69, 9.17) is 14.2 Å². The molecule has 158 valence electrons. The first-order chi connectivity index (χ1) is 13.6. The normalized spacial score (nSPS) is 31.6. The summed E-state index contributed by atoms with van der Waals surface area (Å²) in [7, 11) is 0. The van der Waals surface area contributed by atoms with Gasteiger partial charge < -0.3 is 19.3 Å². The molecule has 1 heterocycles. The molecule has 1 N–H and O–H groups in total. The van der Waals surface area contributed by atoms with Gasteiger partial charge in [0.1, 0.15) is 18.8 Å². The van der Waals surface area contributed by atoms with Crippen LogP contribution >= 0.6 is 0 Å². The molecule has 0 unspecified atom stereocenters. The van der Waals surface area contributed by atoms with Gasteiger partial charge in [-0.2, -0.15) is 0 Å². The molecule has 2 rings (SSSR count).